The lowest BCUT2D eigenvalue weighted by molar-refractivity contribution is -0.171. The largest absolute Gasteiger partial charge is 0.338 e. The molecule has 160 valence electrons. The Morgan fingerprint density at radius 2 is 1.70 bits per heavy atom. The quantitative estimate of drug-likeness (QED) is 0.733. The summed E-state index contributed by atoms with van der Waals surface area (Å²) in [5, 5.41) is 1.02. The van der Waals surface area contributed by atoms with Crippen molar-refractivity contribution < 1.29 is 23.2 Å². The monoisotopic (exact) mass is 417 g/mol. The van der Waals surface area contributed by atoms with Crippen LogP contribution in [0.25, 0.3) is 11.1 Å². The van der Waals surface area contributed by atoms with E-state index in [1.165, 1.54) is 31.2 Å². The molecule has 0 unspecified atom stereocenters. The third kappa shape index (κ3) is 4.66. The van der Waals surface area contributed by atoms with Crippen LogP contribution in [0, 0.1) is 5.82 Å². The van der Waals surface area contributed by atoms with Crippen LogP contribution >= 0.6 is 0 Å². The minimum Gasteiger partial charge on any atom is -0.338 e. The van der Waals surface area contributed by atoms with Gasteiger partial charge in [0.05, 0.1) is 19.6 Å². The van der Waals surface area contributed by atoms with E-state index in [-0.39, 0.29) is 25.3 Å². The van der Waals surface area contributed by atoms with Gasteiger partial charge in [0.15, 0.2) is 0 Å². The molecule has 1 aliphatic rings. The molecule has 1 heterocycles. The number of likely N-dealkylation sites (N-methyl/N-ethyl adjacent to an activating group) is 1. The third-order valence-electron chi connectivity index (χ3n) is 5.38. The number of hydrogen-bond acceptors (Lipinski definition) is 4. The van der Waals surface area contributed by atoms with Gasteiger partial charge in [-0.1, -0.05) is 36.4 Å². The van der Waals surface area contributed by atoms with E-state index in [2.05, 4.69) is 0 Å². The van der Waals surface area contributed by atoms with E-state index in [0.717, 1.165) is 16.2 Å². The molecule has 1 saturated heterocycles. The maximum Gasteiger partial charge on any atom is 0.255 e. The number of carbonyl (C=O) groups excluding carboxylic acids is 2. The van der Waals surface area contributed by atoms with Crippen LogP contribution in [0.2, 0.25) is 0 Å². The van der Waals surface area contributed by atoms with E-state index >= 15 is 0 Å². The van der Waals surface area contributed by atoms with Gasteiger partial charge in [-0.15, -0.1) is 0 Å². The topological polar surface area (TPSA) is 75.9 Å². The first-order valence-electron chi connectivity index (χ1n) is 9.68. The third-order valence-corrected chi connectivity index (χ3v) is 5.38. The Morgan fingerprint density at radius 3 is 2.20 bits per heavy atom. The molecule has 1 fully saturated rings. The van der Waals surface area contributed by atoms with E-state index in [0.29, 0.717) is 5.56 Å². The molecule has 30 heavy (non-hydrogen) atoms. The van der Waals surface area contributed by atoms with Gasteiger partial charge in [0.25, 0.3) is 5.91 Å². The van der Waals surface area contributed by atoms with E-state index in [1.807, 2.05) is 0 Å². The second-order valence-corrected chi connectivity index (χ2v) is 7.32. The molecule has 2 N–H and O–H groups in total. The smallest absolute Gasteiger partial charge is 0.255 e. The number of benzene rings is 2. The molecule has 0 aromatic heterocycles. The molecule has 3 atom stereocenters. The lowest BCUT2D eigenvalue weighted by Gasteiger charge is -2.29. The number of carbonyl (C=O) groups is 2. The Morgan fingerprint density at radius 1 is 1.13 bits per heavy atom. The maximum atomic E-state index is 13.5. The number of hydrogen-bond donors (Lipinski definition) is 1. The molecule has 0 spiro atoms. The van der Waals surface area contributed by atoms with Crippen molar-refractivity contribution in [1.29, 1.82) is 0 Å². The van der Waals surface area contributed by atoms with Crippen molar-refractivity contribution in [2.45, 2.75) is 24.6 Å². The molecule has 0 aliphatic carbocycles. The Balaban J connectivity index is 1.89. The van der Waals surface area contributed by atoms with Crippen molar-refractivity contribution >= 4 is 11.8 Å². The second kappa shape index (κ2) is 9.32. The molecule has 6 nitrogen and oxygen atoms in total. The molecular weight excluding hydrogens is 392 g/mol. The van der Waals surface area contributed by atoms with Gasteiger partial charge in [-0.3, -0.25) is 14.4 Å². The van der Waals surface area contributed by atoms with Crippen molar-refractivity contribution in [1.82, 2.24) is 9.96 Å². The molecule has 8 heteroatoms. The molecular formula is C22H25F2N3O3. The van der Waals surface area contributed by atoms with E-state index < -0.39 is 29.9 Å². The second-order valence-electron chi connectivity index (χ2n) is 7.32. The number of nitrogens with two attached hydrogens (primary N) is 1. The minimum atomic E-state index is -1.18. The standard InChI is InChI=1S/C22H25F2N3O3/c1-26(30-2)21(28)19(20(25)22(29)27-12-11-18(24)13-27)16-5-3-14(4-6-16)15-7-9-17(23)10-8-15/h3-10,18-20H,11-13,25H2,1-2H3/t18-,19-,20-/m0/s1. The molecule has 0 radical (unpaired) electrons. The van der Waals surface area contributed by atoms with Crippen molar-refractivity contribution in [3.63, 3.8) is 0 Å². The highest BCUT2D eigenvalue weighted by Crippen LogP contribution is 2.27. The van der Waals surface area contributed by atoms with Crippen molar-refractivity contribution in [3.05, 3.63) is 59.9 Å². The van der Waals surface area contributed by atoms with Crippen molar-refractivity contribution in [2.24, 2.45) is 5.73 Å². The van der Waals surface area contributed by atoms with E-state index in [9.17, 15) is 18.4 Å². The molecule has 0 bridgehead atoms. The fraction of sp³-hybridized carbons (Fsp3) is 0.364. The van der Waals surface area contributed by atoms with Crippen molar-refractivity contribution in [2.75, 3.05) is 27.2 Å². The number of rotatable bonds is 6. The molecule has 2 amide bonds. The maximum absolute atomic E-state index is 13.5. The van der Waals surface area contributed by atoms with E-state index in [4.69, 9.17) is 10.6 Å². The Kier molecular flexibility index (Phi) is 6.79. The summed E-state index contributed by atoms with van der Waals surface area (Å²) < 4.78 is 26.7. The number of alkyl halides is 1. The van der Waals surface area contributed by atoms with Gasteiger partial charge in [0, 0.05) is 13.6 Å². The fourth-order valence-corrected chi connectivity index (χ4v) is 3.59. The first kappa shape index (κ1) is 21.9. The number of likely N-dealkylation sites (tertiary alicyclic amines) is 1. The van der Waals surface area contributed by atoms with Crippen LogP contribution in [0.3, 0.4) is 0 Å². The average molecular weight is 417 g/mol. The summed E-state index contributed by atoms with van der Waals surface area (Å²) >= 11 is 0. The minimum absolute atomic E-state index is 0.0168. The van der Waals surface area contributed by atoms with Crippen molar-refractivity contribution in [3.8, 4) is 11.1 Å². The summed E-state index contributed by atoms with van der Waals surface area (Å²) in [6.45, 7) is 0.259. The van der Waals surface area contributed by atoms with Crippen LogP contribution in [0.5, 0.6) is 0 Å². The predicted molar refractivity (Wildman–Crippen MR) is 108 cm³/mol. The number of amides is 2. The first-order chi connectivity index (χ1) is 14.3. The van der Waals surface area contributed by atoms with Gasteiger partial charge in [-0.25, -0.2) is 13.8 Å². The van der Waals surface area contributed by atoms with Gasteiger partial charge in [0.2, 0.25) is 5.91 Å². The van der Waals surface area contributed by atoms with Gasteiger partial charge in [-0.05, 0) is 35.2 Å². The van der Waals surface area contributed by atoms with Crippen LogP contribution in [0.15, 0.2) is 48.5 Å². The van der Waals surface area contributed by atoms with Crippen LogP contribution in [-0.4, -0.2) is 61.2 Å². The van der Waals surface area contributed by atoms with Crippen LogP contribution in [0.1, 0.15) is 17.9 Å². The number of halogens is 2. The summed E-state index contributed by atoms with van der Waals surface area (Å²) in [5.41, 5.74) is 8.39. The summed E-state index contributed by atoms with van der Waals surface area (Å²) in [4.78, 5) is 32.1. The first-order valence-corrected chi connectivity index (χ1v) is 9.68. The van der Waals surface area contributed by atoms with Gasteiger partial charge < -0.3 is 10.6 Å². The normalized spacial score (nSPS) is 18.2. The van der Waals surface area contributed by atoms with Gasteiger partial charge in [0.1, 0.15) is 18.0 Å². The van der Waals surface area contributed by atoms with Gasteiger partial charge in [-0.2, -0.15) is 0 Å². The fourth-order valence-electron chi connectivity index (χ4n) is 3.59. The Labute approximate surface area is 174 Å². The zero-order chi connectivity index (χ0) is 21.8. The highest BCUT2D eigenvalue weighted by atomic mass is 19.1. The number of hydroxylamine groups is 2. The molecule has 3 rings (SSSR count). The molecule has 1 aliphatic heterocycles. The SMILES string of the molecule is CON(C)C(=O)[C@@H](c1ccc(-c2ccc(F)cc2)cc1)[C@H](N)C(=O)N1CC[C@H](F)C1. The zero-order valence-corrected chi connectivity index (χ0v) is 16.9. The van der Waals surface area contributed by atoms with Crippen LogP contribution in [0.4, 0.5) is 8.78 Å². The van der Waals surface area contributed by atoms with Crippen LogP contribution < -0.4 is 5.73 Å². The molecule has 0 saturated carbocycles. The lowest BCUT2D eigenvalue weighted by atomic mass is 9.89. The lowest BCUT2D eigenvalue weighted by Crippen LogP contribution is -2.50. The van der Waals surface area contributed by atoms with Crippen LogP contribution in [-0.2, 0) is 14.4 Å². The Hall–Kier alpha value is -2.84. The van der Waals surface area contributed by atoms with E-state index in [1.54, 1.807) is 36.4 Å². The summed E-state index contributed by atoms with van der Waals surface area (Å²) in [7, 11) is 2.78. The highest BCUT2D eigenvalue weighted by molar-refractivity contribution is 5.93. The molecule has 2 aromatic carbocycles. The summed E-state index contributed by atoms with van der Waals surface area (Å²) in [5.74, 6) is -2.28. The molecule has 2 aromatic rings. The average Bonchev–Trinajstić information content (AvgIpc) is 3.20. The highest BCUT2D eigenvalue weighted by Gasteiger charge is 2.38. The summed E-state index contributed by atoms with van der Waals surface area (Å²) in [6.07, 6.45) is -0.812. The van der Waals surface area contributed by atoms with Gasteiger partial charge >= 0.3 is 0 Å². The predicted octanol–water partition coefficient (Wildman–Crippen LogP) is 2.49. The number of nitrogens with zero attached hydrogens (tertiary/aromatic N) is 2. The summed E-state index contributed by atoms with van der Waals surface area (Å²) in [6, 6.07) is 11.8. The Bertz CT molecular complexity index is 890. The zero-order valence-electron chi connectivity index (χ0n) is 16.9.